The highest BCUT2D eigenvalue weighted by atomic mass is 35.5. The van der Waals surface area contributed by atoms with Gasteiger partial charge >= 0.3 is 12.0 Å². The number of carbonyl (C=O) groups excluding carboxylic acids is 2. The number of nitrogens with zero attached hydrogens (tertiary/aromatic N) is 1. The number of ether oxygens (including phenoxy) is 1. The number of amides is 2. The molecular weight excluding hydrogens is 268 g/mol. The van der Waals surface area contributed by atoms with Crippen LogP contribution in [0.3, 0.4) is 0 Å². The number of methoxy groups -OCH3 is 1. The molecule has 5 nitrogen and oxygen atoms in total. The summed E-state index contributed by atoms with van der Waals surface area (Å²) in [7, 11) is 1.36. The summed E-state index contributed by atoms with van der Waals surface area (Å²) in [6, 6.07) is 5.31. The maximum atomic E-state index is 11.5. The van der Waals surface area contributed by atoms with Crippen molar-refractivity contribution in [2.75, 3.05) is 25.1 Å². The summed E-state index contributed by atoms with van der Waals surface area (Å²) in [5.41, 5.74) is 1.64. The molecule has 0 saturated carbocycles. The zero-order valence-corrected chi connectivity index (χ0v) is 11.4. The lowest BCUT2D eigenvalue weighted by Crippen LogP contribution is -2.27. The summed E-state index contributed by atoms with van der Waals surface area (Å²) in [6.07, 6.45) is 0.817. The normalized spacial score (nSPS) is 14.4. The van der Waals surface area contributed by atoms with Crippen molar-refractivity contribution in [3.8, 4) is 0 Å². The van der Waals surface area contributed by atoms with Gasteiger partial charge in [-0.05, 0) is 24.1 Å². The fraction of sp³-hybridized carbons (Fsp3) is 0.385. The van der Waals surface area contributed by atoms with Crippen molar-refractivity contribution in [3.63, 3.8) is 0 Å². The van der Waals surface area contributed by atoms with Crippen LogP contribution in [0.25, 0.3) is 0 Å². The van der Waals surface area contributed by atoms with Gasteiger partial charge in [-0.15, -0.1) is 0 Å². The molecule has 102 valence electrons. The number of esters is 1. The average molecular weight is 283 g/mol. The molecule has 0 spiro atoms. The molecule has 2 rings (SSSR count). The largest absolute Gasteiger partial charge is 0.469 e. The van der Waals surface area contributed by atoms with E-state index in [1.165, 1.54) is 7.11 Å². The highest BCUT2D eigenvalue weighted by Crippen LogP contribution is 2.25. The van der Waals surface area contributed by atoms with E-state index in [-0.39, 0.29) is 12.0 Å². The Hall–Kier alpha value is -1.75. The van der Waals surface area contributed by atoms with Gasteiger partial charge in [-0.2, -0.15) is 0 Å². The standard InChI is InChI=1S/C13H15ClN2O3/c1-19-12(17)5-3-9-2-4-10(8-11(9)14)16-7-6-15-13(16)18/h2,4,8H,3,5-7H2,1H3,(H,15,18). The summed E-state index contributed by atoms with van der Waals surface area (Å²) < 4.78 is 4.59. The molecule has 0 unspecified atom stereocenters. The van der Waals surface area contributed by atoms with Crippen LogP contribution in [-0.4, -0.2) is 32.2 Å². The van der Waals surface area contributed by atoms with Crippen LogP contribution in [-0.2, 0) is 16.0 Å². The van der Waals surface area contributed by atoms with Gasteiger partial charge in [0.2, 0.25) is 0 Å². The van der Waals surface area contributed by atoms with E-state index >= 15 is 0 Å². The maximum absolute atomic E-state index is 11.5. The number of halogens is 1. The summed E-state index contributed by atoms with van der Waals surface area (Å²) in [5, 5.41) is 3.29. The third-order valence-corrected chi connectivity index (χ3v) is 3.38. The first-order chi connectivity index (χ1) is 9.11. The van der Waals surface area contributed by atoms with Crippen LogP contribution in [0.5, 0.6) is 0 Å². The van der Waals surface area contributed by atoms with Gasteiger partial charge in [0, 0.05) is 30.2 Å². The number of anilines is 1. The zero-order valence-electron chi connectivity index (χ0n) is 10.6. The third kappa shape index (κ3) is 3.17. The molecule has 1 fully saturated rings. The number of benzene rings is 1. The van der Waals surface area contributed by atoms with Gasteiger partial charge in [-0.25, -0.2) is 4.79 Å². The van der Waals surface area contributed by atoms with E-state index in [2.05, 4.69) is 10.1 Å². The SMILES string of the molecule is COC(=O)CCc1ccc(N2CCNC2=O)cc1Cl. The van der Waals surface area contributed by atoms with Crippen LogP contribution in [0, 0.1) is 0 Å². The Bertz CT molecular complexity index is 505. The van der Waals surface area contributed by atoms with Gasteiger partial charge in [0.15, 0.2) is 0 Å². The number of hydrogen-bond acceptors (Lipinski definition) is 3. The molecule has 0 bridgehead atoms. The Kier molecular flexibility index (Phi) is 4.27. The lowest BCUT2D eigenvalue weighted by atomic mass is 10.1. The average Bonchev–Trinajstić information content (AvgIpc) is 2.83. The van der Waals surface area contributed by atoms with E-state index < -0.39 is 0 Å². The van der Waals surface area contributed by atoms with Crippen LogP contribution >= 0.6 is 11.6 Å². The number of carbonyl (C=O) groups is 2. The van der Waals surface area contributed by atoms with Crippen molar-refractivity contribution in [1.29, 1.82) is 0 Å². The second-order valence-corrected chi connectivity index (χ2v) is 4.64. The van der Waals surface area contributed by atoms with E-state index in [1.807, 2.05) is 12.1 Å². The minimum absolute atomic E-state index is 0.113. The fourth-order valence-electron chi connectivity index (χ4n) is 1.96. The lowest BCUT2D eigenvalue weighted by molar-refractivity contribution is -0.140. The Morgan fingerprint density at radius 3 is 2.89 bits per heavy atom. The van der Waals surface area contributed by atoms with Crippen LogP contribution in [0.15, 0.2) is 18.2 Å². The Morgan fingerprint density at radius 2 is 2.32 bits per heavy atom. The molecule has 2 amide bonds. The van der Waals surface area contributed by atoms with E-state index in [4.69, 9.17) is 11.6 Å². The predicted octanol–water partition coefficient (Wildman–Crippen LogP) is 1.98. The molecule has 1 N–H and O–H groups in total. The van der Waals surface area contributed by atoms with Gasteiger partial charge in [0.25, 0.3) is 0 Å². The van der Waals surface area contributed by atoms with Crippen molar-refractivity contribution in [2.45, 2.75) is 12.8 Å². The highest BCUT2D eigenvalue weighted by Gasteiger charge is 2.21. The topological polar surface area (TPSA) is 58.6 Å². The van der Waals surface area contributed by atoms with Gasteiger partial charge in [0.1, 0.15) is 0 Å². The van der Waals surface area contributed by atoms with Crippen molar-refractivity contribution in [2.24, 2.45) is 0 Å². The molecule has 1 aromatic carbocycles. The minimum atomic E-state index is -0.265. The fourth-order valence-corrected chi connectivity index (χ4v) is 2.23. The van der Waals surface area contributed by atoms with Gasteiger partial charge in [-0.3, -0.25) is 9.69 Å². The minimum Gasteiger partial charge on any atom is -0.469 e. The molecule has 6 heteroatoms. The number of hydrogen-bond donors (Lipinski definition) is 1. The molecular formula is C13H15ClN2O3. The third-order valence-electron chi connectivity index (χ3n) is 3.03. The molecule has 1 heterocycles. The summed E-state index contributed by atoms with van der Waals surface area (Å²) in [6.45, 7) is 1.28. The van der Waals surface area contributed by atoms with Crippen LogP contribution in [0.4, 0.5) is 10.5 Å². The molecule has 0 aliphatic carbocycles. The lowest BCUT2D eigenvalue weighted by Gasteiger charge is -2.15. The van der Waals surface area contributed by atoms with Crippen molar-refractivity contribution < 1.29 is 14.3 Å². The number of aryl methyl sites for hydroxylation is 1. The Labute approximate surface area is 116 Å². The van der Waals surface area contributed by atoms with Crippen LogP contribution < -0.4 is 10.2 Å². The zero-order chi connectivity index (χ0) is 13.8. The quantitative estimate of drug-likeness (QED) is 0.859. The monoisotopic (exact) mass is 282 g/mol. The van der Waals surface area contributed by atoms with Gasteiger partial charge in [0.05, 0.1) is 7.11 Å². The van der Waals surface area contributed by atoms with E-state index in [0.29, 0.717) is 31.0 Å². The highest BCUT2D eigenvalue weighted by molar-refractivity contribution is 6.31. The summed E-state index contributed by atoms with van der Waals surface area (Å²) in [5.74, 6) is -0.265. The first-order valence-corrected chi connectivity index (χ1v) is 6.40. The first kappa shape index (κ1) is 13.7. The van der Waals surface area contributed by atoms with E-state index in [1.54, 1.807) is 11.0 Å². The molecule has 0 radical (unpaired) electrons. The van der Waals surface area contributed by atoms with Gasteiger partial charge < -0.3 is 10.1 Å². The second kappa shape index (κ2) is 5.93. The molecule has 1 saturated heterocycles. The summed E-state index contributed by atoms with van der Waals surface area (Å²) in [4.78, 5) is 24.3. The predicted molar refractivity (Wildman–Crippen MR) is 72.5 cm³/mol. The van der Waals surface area contributed by atoms with Crippen molar-refractivity contribution in [3.05, 3.63) is 28.8 Å². The molecule has 0 aromatic heterocycles. The maximum Gasteiger partial charge on any atom is 0.321 e. The Morgan fingerprint density at radius 1 is 1.53 bits per heavy atom. The molecule has 1 aliphatic heterocycles. The van der Waals surface area contributed by atoms with E-state index in [9.17, 15) is 9.59 Å². The van der Waals surface area contributed by atoms with Crippen LogP contribution in [0.1, 0.15) is 12.0 Å². The number of rotatable bonds is 4. The first-order valence-electron chi connectivity index (χ1n) is 6.02. The van der Waals surface area contributed by atoms with Gasteiger partial charge in [-0.1, -0.05) is 17.7 Å². The number of nitrogens with one attached hydrogen (secondary N) is 1. The molecule has 0 atom stereocenters. The smallest absolute Gasteiger partial charge is 0.321 e. The second-order valence-electron chi connectivity index (χ2n) is 4.24. The molecule has 19 heavy (non-hydrogen) atoms. The van der Waals surface area contributed by atoms with Crippen molar-refractivity contribution in [1.82, 2.24) is 5.32 Å². The van der Waals surface area contributed by atoms with Crippen molar-refractivity contribution >= 4 is 29.3 Å². The molecule has 1 aromatic rings. The van der Waals surface area contributed by atoms with E-state index in [0.717, 1.165) is 11.3 Å². The number of urea groups is 1. The summed E-state index contributed by atoms with van der Waals surface area (Å²) >= 11 is 6.17. The Balaban J connectivity index is 2.08. The van der Waals surface area contributed by atoms with Crippen LogP contribution in [0.2, 0.25) is 5.02 Å². The molecule has 1 aliphatic rings.